The molecule has 1 saturated carbocycles. The number of hydrogen-bond donors (Lipinski definition) is 3. The molecular formula is C26H21ClF5N2O5+. The molecule has 1 aromatic heterocycles. The lowest BCUT2D eigenvalue weighted by Crippen LogP contribution is -2.42. The number of nitrogens with zero attached hydrogens (tertiary/aromatic N) is 1. The number of carboxylic acid groups (broad SMARTS) is 1. The van der Waals surface area contributed by atoms with E-state index in [0.29, 0.717) is 4.73 Å². The topological polar surface area (TPSA) is 99.7 Å². The summed E-state index contributed by atoms with van der Waals surface area (Å²) in [7, 11) is 0. The van der Waals surface area contributed by atoms with Crippen LogP contribution in [0.15, 0.2) is 54.7 Å². The molecule has 3 aromatic rings. The van der Waals surface area contributed by atoms with Crippen molar-refractivity contribution in [3.05, 3.63) is 76.8 Å². The number of anilines is 1. The summed E-state index contributed by atoms with van der Waals surface area (Å²) < 4.78 is 72.4. The quantitative estimate of drug-likeness (QED) is 0.163. The summed E-state index contributed by atoms with van der Waals surface area (Å²) in [6.45, 7) is -3.27. The van der Waals surface area contributed by atoms with Gasteiger partial charge in [0.2, 0.25) is 23.7 Å². The summed E-state index contributed by atoms with van der Waals surface area (Å²) in [6, 6.07) is 9.75. The van der Waals surface area contributed by atoms with E-state index < -0.39 is 71.2 Å². The van der Waals surface area contributed by atoms with Gasteiger partial charge in [0.25, 0.3) is 0 Å². The number of alkyl halides is 4. The zero-order chi connectivity index (χ0) is 28.5. The molecule has 0 radical (unpaired) electrons. The van der Waals surface area contributed by atoms with E-state index in [1.54, 1.807) is 0 Å². The van der Waals surface area contributed by atoms with E-state index in [1.165, 1.54) is 36.4 Å². The van der Waals surface area contributed by atoms with Gasteiger partial charge in [0.05, 0.1) is 21.7 Å². The van der Waals surface area contributed by atoms with Gasteiger partial charge in [-0.15, -0.1) is 0 Å². The molecule has 0 bridgehead atoms. The van der Waals surface area contributed by atoms with Crippen LogP contribution in [0.2, 0.25) is 5.02 Å². The van der Waals surface area contributed by atoms with E-state index in [1.807, 2.05) is 0 Å². The van der Waals surface area contributed by atoms with E-state index in [0.717, 1.165) is 18.3 Å². The van der Waals surface area contributed by atoms with Gasteiger partial charge in [-0.05, 0) is 54.8 Å². The molecule has 39 heavy (non-hydrogen) atoms. The van der Waals surface area contributed by atoms with Crippen LogP contribution >= 0.6 is 11.6 Å². The number of aromatic nitrogens is 1. The first-order chi connectivity index (χ1) is 18.3. The first-order valence-corrected chi connectivity index (χ1v) is 11.9. The molecule has 2 aromatic carbocycles. The number of nitrogens with one attached hydrogen (secondary N) is 1. The highest BCUT2D eigenvalue weighted by Gasteiger charge is 2.47. The largest absolute Gasteiger partial charge is 0.478 e. The van der Waals surface area contributed by atoms with E-state index in [9.17, 15) is 36.7 Å². The van der Waals surface area contributed by atoms with Crippen LogP contribution < -0.4 is 14.8 Å². The molecule has 1 heterocycles. The van der Waals surface area contributed by atoms with Crippen molar-refractivity contribution in [1.29, 1.82) is 0 Å². The molecule has 1 aliphatic rings. The fourth-order valence-corrected chi connectivity index (χ4v) is 4.65. The third-order valence-electron chi connectivity index (χ3n) is 6.34. The average Bonchev–Trinajstić information content (AvgIpc) is 2.84. The maximum absolute atomic E-state index is 14.8. The lowest BCUT2D eigenvalue weighted by atomic mass is 9.75. The molecule has 1 amide bonds. The molecule has 4 rings (SSSR count). The normalized spacial score (nSPS) is 15.5. The van der Waals surface area contributed by atoms with Crippen LogP contribution in [0, 0.1) is 11.7 Å². The first-order valence-electron chi connectivity index (χ1n) is 11.5. The highest BCUT2D eigenvalue weighted by atomic mass is 35.5. The molecule has 0 spiro atoms. The monoisotopic (exact) mass is 571 g/mol. The Bertz CT molecular complexity index is 1400. The highest BCUT2D eigenvalue weighted by molar-refractivity contribution is 6.31. The number of ether oxygens (including phenoxy) is 1. The second-order valence-electron chi connectivity index (χ2n) is 9.09. The minimum Gasteiger partial charge on any atom is -0.478 e. The molecule has 0 aliphatic heterocycles. The van der Waals surface area contributed by atoms with Gasteiger partial charge in [-0.25, -0.2) is 18.0 Å². The van der Waals surface area contributed by atoms with Gasteiger partial charge in [0.1, 0.15) is 11.7 Å². The zero-order valence-electron chi connectivity index (χ0n) is 19.9. The summed E-state index contributed by atoms with van der Waals surface area (Å²) >= 11 is 5.81. The van der Waals surface area contributed by atoms with Crippen molar-refractivity contribution in [3.8, 4) is 16.9 Å². The summed E-state index contributed by atoms with van der Waals surface area (Å²) in [6.07, 6.45) is -0.00909. The second kappa shape index (κ2) is 11.0. The molecular weight excluding hydrogens is 551 g/mol. The summed E-state index contributed by atoms with van der Waals surface area (Å²) in [5, 5.41) is 22.0. The van der Waals surface area contributed by atoms with Crippen LogP contribution in [-0.4, -0.2) is 34.7 Å². The number of carboxylic acids is 1. The predicted octanol–water partition coefficient (Wildman–Crippen LogP) is 6.13. The smallest absolute Gasteiger partial charge is 0.387 e. The van der Waals surface area contributed by atoms with Crippen molar-refractivity contribution in [2.75, 3.05) is 5.32 Å². The van der Waals surface area contributed by atoms with E-state index in [-0.39, 0.29) is 28.9 Å². The van der Waals surface area contributed by atoms with Gasteiger partial charge in [-0.3, -0.25) is 10.0 Å². The SMILES string of the molecule is O=C(O)c1ccc(NC(=O)C(CC2CC(F)(F)C2)c2ccc(-c3c(OC(F)F)ccc(Cl)c3F)c[n+]2O)cc1. The number of rotatable bonds is 9. The number of carbonyl (C=O) groups excluding carboxylic acids is 1. The Balaban J connectivity index is 1.67. The second-order valence-corrected chi connectivity index (χ2v) is 9.50. The number of halogens is 6. The maximum atomic E-state index is 14.8. The van der Waals surface area contributed by atoms with Crippen molar-refractivity contribution in [1.82, 2.24) is 0 Å². The number of amides is 1. The summed E-state index contributed by atoms with van der Waals surface area (Å²) in [5.74, 6) is -8.04. The lowest BCUT2D eigenvalue weighted by Gasteiger charge is -2.36. The van der Waals surface area contributed by atoms with Crippen LogP contribution in [0.25, 0.3) is 11.1 Å². The van der Waals surface area contributed by atoms with Gasteiger partial charge < -0.3 is 15.2 Å². The van der Waals surface area contributed by atoms with Gasteiger partial charge >= 0.3 is 12.6 Å². The third-order valence-corrected chi connectivity index (χ3v) is 6.63. The van der Waals surface area contributed by atoms with Crippen molar-refractivity contribution in [2.24, 2.45) is 5.92 Å². The molecule has 1 aliphatic carbocycles. The number of benzene rings is 2. The predicted molar refractivity (Wildman–Crippen MR) is 128 cm³/mol. The molecule has 1 fully saturated rings. The molecule has 0 saturated heterocycles. The van der Waals surface area contributed by atoms with E-state index in [2.05, 4.69) is 10.1 Å². The molecule has 1 atom stereocenters. The van der Waals surface area contributed by atoms with Crippen molar-refractivity contribution in [3.63, 3.8) is 0 Å². The molecule has 3 N–H and O–H groups in total. The lowest BCUT2D eigenvalue weighted by molar-refractivity contribution is -0.909. The first kappa shape index (κ1) is 28.1. The fourth-order valence-electron chi connectivity index (χ4n) is 4.49. The van der Waals surface area contributed by atoms with Gasteiger partial charge in [-0.1, -0.05) is 11.6 Å². The highest BCUT2D eigenvalue weighted by Crippen LogP contribution is 2.46. The van der Waals surface area contributed by atoms with Gasteiger partial charge in [0.15, 0.2) is 5.82 Å². The summed E-state index contributed by atoms with van der Waals surface area (Å²) in [5.41, 5.74) is -0.420. The molecule has 206 valence electrons. The van der Waals surface area contributed by atoms with Crippen LogP contribution in [0.4, 0.5) is 27.6 Å². The average molecular weight is 572 g/mol. The van der Waals surface area contributed by atoms with E-state index in [4.69, 9.17) is 16.7 Å². The number of aromatic carboxylic acids is 1. The van der Waals surface area contributed by atoms with Crippen LogP contribution in [0.3, 0.4) is 0 Å². The minimum absolute atomic E-state index is 0.0199. The molecule has 1 unspecified atom stereocenters. The van der Waals surface area contributed by atoms with Crippen LogP contribution in [-0.2, 0) is 4.79 Å². The Hall–Kier alpha value is -3.93. The Morgan fingerprint density at radius 3 is 2.33 bits per heavy atom. The third kappa shape index (κ3) is 6.39. The summed E-state index contributed by atoms with van der Waals surface area (Å²) in [4.78, 5) is 24.3. The Kier molecular flexibility index (Phi) is 7.96. The molecule has 7 nitrogen and oxygen atoms in total. The van der Waals surface area contributed by atoms with Crippen molar-refractivity contribution in [2.45, 2.75) is 37.7 Å². The zero-order valence-corrected chi connectivity index (χ0v) is 20.6. The van der Waals surface area contributed by atoms with Gasteiger partial charge in [-0.2, -0.15) is 8.78 Å². The van der Waals surface area contributed by atoms with Crippen molar-refractivity contribution < 1.29 is 51.3 Å². The van der Waals surface area contributed by atoms with Gasteiger partial charge in [0, 0.05) is 29.3 Å². The number of carbonyl (C=O) groups is 2. The van der Waals surface area contributed by atoms with Crippen LogP contribution in [0.1, 0.15) is 41.2 Å². The Labute approximate surface area is 223 Å². The Morgan fingerprint density at radius 1 is 1.10 bits per heavy atom. The number of hydrogen-bond acceptors (Lipinski definition) is 4. The maximum Gasteiger partial charge on any atom is 0.387 e. The molecule has 13 heteroatoms. The van der Waals surface area contributed by atoms with Crippen molar-refractivity contribution >= 4 is 29.2 Å². The fraction of sp³-hybridized carbons (Fsp3) is 0.269. The van der Waals surface area contributed by atoms with Crippen LogP contribution in [0.5, 0.6) is 5.75 Å². The minimum atomic E-state index is -3.27. The Morgan fingerprint density at radius 2 is 1.77 bits per heavy atom. The van der Waals surface area contributed by atoms with E-state index >= 15 is 0 Å². The standard InChI is InChI=1S/C26H20ClF5N2O5/c27-18-6-8-20(39-25(29)30)21(22(18)28)15-3-7-19(34(38)12-15)17(9-13-10-26(31,32)11-13)23(35)33-16-4-1-14(2-5-16)24(36)37/h1-8,12-13,17,25H,9-11H2,(H2-,33,35,36,37,38)/p+1. The number of pyridine rings is 1.